The zero-order valence-electron chi connectivity index (χ0n) is 8.69. The van der Waals surface area contributed by atoms with Crippen LogP contribution in [0.5, 0.6) is 0 Å². The first kappa shape index (κ1) is 10.1. The zero-order valence-corrected chi connectivity index (χ0v) is 8.69. The second-order valence-corrected chi connectivity index (χ2v) is 3.60. The second kappa shape index (κ2) is 4.84. The van der Waals surface area contributed by atoms with Crippen molar-refractivity contribution in [3.63, 3.8) is 0 Å². The highest BCUT2D eigenvalue weighted by molar-refractivity contribution is 5.74. The molecule has 0 amide bonds. The van der Waals surface area contributed by atoms with Crippen LogP contribution in [-0.4, -0.2) is 16.5 Å². The van der Waals surface area contributed by atoms with E-state index in [2.05, 4.69) is 22.1 Å². The Labute approximate surface area is 89.4 Å². The number of pyridine rings is 2. The summed E-state index contributed by atoms with van der Waals surface area (Å²) in [4.78, 5) is 8.73. The molecule has 0 spiro atoms. The normalized spacial score (nSPS) is 10.7. The van der Waals surface area contributed by atoms with Gasteiger partial charge in [0.25, 0.3) is 0 Å². The minimum atomic E-state index is 0.756. The lowest BCUT2D eigenvalue weighted by atomic mass is 10.1. The van der Waals surface area contributed by atoms with E-state index in [-0.39, 0.29) is 0 Å². The van der Waals surface area contributed by atoms with Gasteiger partial charge in [-0.25, -0.2) is 9.97 Å². The molecule has 78 valence electrons. The van der Waals surface area contributed by atoms with Crippen LogP contribution in [0.25, 0.3) is 11.0 Å². The van der Waals surface area contributed by atoms with E-state index in [1.165, 1.54) is 0 Å². The molecule has 2 N–H and O–H groups in total. The first-order valence-corrected chi connectivity index (χ1v) is 5.31. The van der Waals surface area contributed by atoms with Gasteiger partial charge in [0, 0.05) is 17.3 Å². The Morgan fingerprint density at radius 3 is 2.93 bits per heavy atom. The fourth-order valence-corrected chi connectivity index (χ4v) is 1.58. The van der Waals surface area contributed by atoms with Crippen LogP contribution in [0.1, 0.15) is 18.5 Å². The summed E-state index contributed by atoms with van der Waals surface area (Å²) in [6.45, 7) is 0.756. The number of unbranched alkanes of at least 4 members (excludes halogenated alkanes) is 1. The van der Waals surface area contributed by atoms with Gasteiger partial charge in [-0.15, -0.1) is 0 Å². The summed E-state index contributed by atoms with van der Waals surface area (Å²) in [5.41, 5.74) is 7.39. The smallest absolute Gasteiger partial charge is 0.159 e. The third-order valence-corrected chi connectivity index (χ3v) is 2.41. The summed E-state index contributed by atoms with van der Waals surface area (Å²) in [7, 11) is 0. The van der Waals surface area contributed by atoms with Crippen LogP contribution in [0, 0.1) is 0 Å². The molecule has 0 aliphatic rings. The molecule has 0 aromatic carbocycles. The van der Waals surface area contributed by atoms with E-state index in [1.807, 2.05) is 12.1 Å². The van der Waals surface area contributed by atoms with Crippen molar-refractivity contribution in [2.75, 3.05) is 6.54 Å². The molecule has 2 heterocycles. The Morgan fingerprint density at radius 2 is 2.07 bits per heavy atom. The highest BCUT2D eigenvalue weighted by atomic mass is 14.8. The van der Waals surface area contributed by atoms with Crippen molar-refractivity contribution in [2.45, 2.75) is 19.3 Å². The summed E-state index contributed by atoms with van der Waals surface area (Å²) >= 11 is 0. The molecule has 2 aromatic rings. The highest BCUT2D eigenvalue weighted by Gasteiger charge is 1.98. The molecule has 0 atom stereocenters. The van der Waals surface area contributed by atoms with Crippen molar-refractivity contribution in [2.24, 2.45) is 5.73 Å². The molecule has 15 heavy (non-hydrogen) atoms. The molecule has 0 aliphatic carbocycles. The van der Waals surface area contributed by atoms with Gasteiger partial charge in [-0.2, -0.15) is 0 Å². The third kappa shape index (κ3) is 2.50. The van der Waals surface area contributed by atoms with E-state index in [0.717, 1.165) is 42.5 Å². The highest BCUT2D eigenvalue weighted by Crippen LogP contribution is 2.10. The fraction of sp³-hybridized carbons (Fsp3) is 0.333. The molecule has 0 radical (unpaired) electrons. The minimum absolute atomic E-state index is 0.756. The van der Waals surface area contributed by atoms with Crippen LogP contribution >= 0.6 is 0 Å². The summed E-state index contributed by atoms with van der Waals surface area (Å²) < 4.78 is 0. The zero-order chi connectivity index (χ0) is 10.5. The number of fused-ring (bicyclic) bond motifs is 1. The quantitative estimate of drug-likeness (QED) is 0.769. The number of aromatic nitrogens is 2. The van der Waals surface area contributed by atoms with Crippen molar-refractivity contribution >= 4 is 11.0 Å². The van der Waals surface area contributed by atoms with Gasteiger partial charge >= 0.3 is 0 Å². The monoisotopic (exact) mass is 201 g/mol. The number of rotatable bonds is 4. The Hall–Kier alpha value is -1.48. The van der Waals surface area contributed by atoms with Crippen LogP contribution in [0.4, 0.5) is 0 Å². The number of hydrogen-bond donors (Lipinski definition) is 1. The van der Waals surface area contributed by atoms with Crippen LogP contribution < -0.4 is 5.73 Å². The third-order valence-electron chi connectivity index (χ3n) is 2.41. The van der Waals surface area contributed by atoms with E-state index >= 15 is 0 Å². The Morgan fingerprint density at radius 1 is 1.13 bits per heavy atom. The van der Waals surface area contributed by atoms with Gasteiger partial charge in [-0.05, 0) is 50.1 Å². The van der Waals surface area contributed by atoms with E-state index in [9.17, 15) is 0 Å². The first-order valence-electron chi connectivity index (χ1n) is 5.31. The second-order valence-electron chi connectivity index (χ2n) is 3.60. The summed E-state index contributed by atoms with van der Waals surface area (Å²) in [6, 6.07) is 8.10. The van der Waals surface area contributed by atoms with Gasteiger partial charge < -0.3 is 5.73 Å². The topological polar surface area (TPSA) is 51.8 Å². The standard InChI is InChI=1S/C12H15N3/c13-8-2-1-5-11-7-6-10-4-3-9-14-12(10)15-11/h3-4,6-7,9H,1-2,5,8,13H2. The maximum absolute atomic E-state index is 5.45. The fourth-order valence-electron chi connectivity index (χ4n) is 1.58. The molecule has 0 fully saturated rings. The molecule has 3 heteroatoms. The maximum atomic E-state index is 5.45. The van der Waals surface area contributed by atoms with Gasteiger partial charge in [-0.3, -0.25) is 0 Å². The predicted octanol–water partition coefficient (Wildman–Crippen LogP) is 1.91. The molecule has 0 saturated heterocycles. The number of nitrogens with zero attached hydrogens (tertiary/aromatic N) is 2. The maximum Gasteiger partial charge on any atom is 0.159 e. The first-order chi connectivity index (χ1) is 7.40. The van der Waals surface area contributed by atoms with Crippen LogP contribution in [0.3, 0.4) is 0 Å². The molecule has 2 aromatic heterocycles. The Balaban J connectivity index is 2.16. The molecule has 0 saturated carbocycles. The van der Waals surface area contributed by atoms with Crippen molar-refractivity contribution in [1.82, 2.24) is 9.97 Å². The molecule has 0 unspecified atom stereocenters. The van der Waals surface area contributed by atoms with Crippen LogP contribution in [0.2, 0.25) is 0 Å². The van der Waals surface area contributed by atoms with Gasteiger partial charge in [0.05, 0.1) is 0 Å². The van der Waals surface area contributed by atoms with E-state index in [1.54, 1.807) is 6.20 Å². The van der Waals surface area contributed by atoms with Crippen LogP contribution in [0.15, 0.2) is 30.5 Å². The van der Waals surface area contributed by atoms with Gasteiger partial charge in [0.15, 0.2) is 5.65 Å². The van der Waals surface area contributed by atoms with Crippen molar-refractivity contribution in [1.29, 1.82) is 0 Å². The predicted molar refractivity (Wildman–Crippen MR) is 61.5 cm³/mol. The molecular formula is C12H15N3. The molecule has 3 nitrogen and oxygen atoms in total. The van der Waals surface area contributed by atoms with Crippen LogP contribution in [-0.2, 0) is 6.42 Å². The minimum Gasteiger partial charge on any atom is -0.330 e. The van der Waals surface area contributed by atoms with Crippen molar-refractivity contribution in [3.05, 3.63) is 36.2 Å². The van der Waals surface area contributed by atoms with Gasteiger partial charge in [0.2, 0.25) is 0 Å². The molecule has 2 rings (SSSR count). The lowest BCUT2D eigenvalue weighted by Gasteiger charge is -2.01. The Bertz CT molecular complexity index is 440. The molecule has 0 bridgehead atoms. The van der Waals surface area contributed by atoms with E-state index < -0.39 is 0 Å². The van der Waals surface area contributed by atoms with Gasteiger partial charge in [-0.1, -0.05) is 0 Å². The summed E-state index contributed by atoms with van der Waals surface area (Å²) in [5.74, 6) is 0. The number of hydrogen-bond acceptors (Lipinski definition) is 3. The Kier molecular flexibility index (Phi) is 3.25. The van der Waals surface area contributed by atoms with Crippen molar-refractivity contribution < 1.29 is 0 Å². The van der Waals surface area contributed by atoms with Gasteiger partial charge in [0.1, 0.15) is 0 Å². The number of aryl methyl sites for hydroxylation is 1. The van der Waals surface area contributed by atoms with E-state index in [4.69, 9.17) is 5.73 Å². The summed E-state index contributed by atoms with van der Waals surface area (Å²) in [6.07, 6.45) is 4.92. The largest absolute Gasteiger partial charge is 0.330 e. The average Bonchev–Trinajstić information content (AvgIpc) is 2.29. The van der Waals surface area contributed by atoms with Crippen molar-refractivity contribution in [3.8, 4) is 0 Å². The lowest BCUT2D eigenvalue weighted by molar-refractivity contribution is 0.734. The summed E-state index contributed by atoms with van der Waals surface area (Å²) in [5, 5.41) is 1.10. The SMILES string of the molecule is NCCCCc1ccc2cccnc2n1. The lowest BCUT2D eigenvalue weighted by Crippen LogP contribution is -2.00. The van der Waals surface area contributed by atoms with E-state index in [0.29, 0.717) is 0 Å². The average molecular weight is 201 g/mol. The number of nitrogens with two attached hydrogens (primary N) is 1. The molecule has 0 aliphatic heterocycles. The molecular weight excluding hydrogens is 186 g/mol.